The molecule has 32 heavy (non-hydrogen) atoms. The average Bonchev–Trinajstić information content (AvgIpc) is 3.20. The maximum absolute atomic E-state index is 11.2. The van der Waals surface area contributed by atoms with Crippen molar-refractivity contribution in [2.24, 2.45) is 5.92 Å². The largest absolute Gasteiger partial charge is 0.388 e. The fraction of sp³-hybridized carbons (Fsp3) is 0.500. The van der Waals surface area contributed by atoms with Gasteiger partial charge in [-0.15, -0.1) is 0 Å². The first-order valence-electron chi connectivity index (χ1n) is 11.5. The standard InChI is InChI=1S/C26H31N3O3/c1-32-24-17-29(16-23(24)30)25-8-7-20(22(27-25)15-19-5-3-2-4-6-19)9-12-26(31)18-28-13-10-21(26)11-14-28/h2-8,21,23-24,30-31H,10-11,13-18H2,1H3/t23-,24-,26-/m1/s1. The van der Waals surface area contributed by atoms with Gasteiger partial charge in [0.2, 0.25) is 0 Å². The number of hydrogen-bond acceptors (Lipinski definition) is 6. The minimum atomic E-state index is -0.941. The highest BCUT2D eigenvalue weighted by atomic mass is 16.5. The molecule has 4 aliphatic rings. The van der Waals surface area contributed by atoms with Gasteiger partial charge in [-0.05, 0) is 43.6 Å². The molecule has 4 aliphatic heterocycles. The number of piperidine rings is 3. The topological polar surface area (TPSA) is 69.1 Å². The number of pyridine rings is 1. The van der Waals surface area contributed by atoms with Crippen LogP contribution in [0.3, 0.4) is 0 Å². The zero-order valence-corrected chi connectivity index (χ0v) is 18.6. The van der Waals surface area contributed by atoms with Crippen LogP contribution in [0.15, 0.2) is 42.5 Å². The van der Waals surface area contributed by atoms with Gasteiger partial charge in [0.15, 0.2) is 0 Å². The van der Waals surface area contributed by atoms with Crippen LogP contribution in [-0.2, 0) is 11.2 Å². The Morgan fingerprint density at radius 3 is 2.56 bits per heavy atom. The summed E-state index contributed by atoms with van der Waals surface area (Å²) in [7, 11) is 1.63. The Bertz CT molecular complexity index is 1010. The van der Waals surface area contributed by atoms with Gasteiger partial charge in [0, 0.05) is 44.6 Å². The molecule has 3 atom stereocenters. The fourth-order valence-corrected chi connectivity index (χ4v) is 5.23. The van der Waals surface area contributed by atoms with Crippen molar-refractivity contribution in [3.05, 3.63) is 59.3 Å². The van der Waals surface area contributed by atoms with E-state index < -0.39 is 11.7 Å². The summed E-state index contributed by atoms with van der Waals surface area (Å²) in [6.07, 6.45) is 1.95. The fourth-order valence-electron chi connectivity index (χ4n) is 5.23. The van der Waals surface area contributed by atoms with Crippen LogP contribution in [0, 0.1) is 17.8 Å². The van der Waals surface area contributed by atoms with Crippen LogP contribution < -0.4 is 4.90 Å². The van der Waals surface area contributed by atoms with E-state index in [0.717, 1.165) is 48.6 Å². The summed E-state index contributed by atoms with van der Waals surface area (Å²) < 4.78 is 5.39. The van der Waals surface area contributed by atoms with Crippen molar-refractivity contribution in [2.75, 3.05) is 44.7 Å². The van der Waals surface area contributed by atoms with E-state index in [9.17, 15) is 10.2 Å². The minimum absolute atomic E-state index is 0.209. The van der Waals surface area contributed by atoms with E-state index in [0.29, 0.717) is 26.1 Å². The zero-order chi connectivity index (χ0) is 22.1. The number of ether oxygens (including phenoxy) is 1. The lowest BCUT2D eigenvalue weighted by atomic mass is 9.75. The van der Waals surface area contributed by atoms with Gasteiger partial charge in [-0.1, -0.05) is 42.2 Å². The van der Waals surface area contributed by atoms with Crippen molar-refractivity contribution in [3.63, 3.8) is 0 Å². The number of aliphatic hydroxyl groups is 2. The summed E-state index contributed by atoms with van der Waals surface area (Å²) in [4.78, 5) is 9.32. The zero-order valence-electron chi connectivity index (χ0n) is 18.6. The maximum Gasteiger partial charge on any atom is 0.141 e. The Balaban J connectivity index is 1.46. The molecule has 4 fully saturated rings. The molecule has 4 saturated heterocycles. The van der Waals surface area contributed by atoms with Crippen molar-refractivity contribution in [3.8, 4) is 11.8 Å². The van der Waals surface area contributed by atoms with E-state index in [1.54, 1.807) is 7.11 Å². The first-order valence-corrected chi connectivity index (χ1v) is 11.5. The van der Waals surface area contributed by atoms with Crippen molar-refractivity contribution in [2.45, 2.75) is 37.1 Å². The summed E-state index contributed by atoms with van der Waals surface area (Å²) in [5, 5.41) is 21.5. The molecular formula is C26H31N3O3. The van der Waals surface area contributed by atoms with E-state index in [2.05, 4.69) is 33.8 Å². The lowest BCUT2D eigenvalue weighted by Gasteiger charge is -2.47. The number of anilines is 1. The summed E-state index contributed by atoms with van der Waals surface area (Å²) in [6, 6.07) is 14.2. The maximum atomic E-state index is 11.2. The third-order valence-corrected chi connectivity index (χ3v) is 7.18. The second-order valence-corrected chi connectivity index (χ2v) is 9.30. The second-order valence-electron chi connectivity index (χ2n) is 9.30. The molecule has 0 saturated carbocycles. The van der Waals surface area contributed by atoms with E-state index in [1.165, 1.54) is 0 Å². The lowest BCUT2D eigenvalue weighted by molar-refractivity contribution is -0.0713. The predicted octanol–water partition coefficient (Wildman–Crippen LogP) is 1.68. The van der Waals surface area contributed by atoms with Gasteiger partial charge < -0.3 is 19.8 Å². The molecule has 2 N–H and O–H groups in total. The molecule has 6 nitrogen and oxygen atoms in total. The molecule has 0 radical (unpaired) electrons. The van der Waals surface area contributed by atoms with Crippen LogP contribution in [0.5, 0.6) is 0 Å². The third-order valence-electron chi connectivity index (χ3n) is 7.18. The molecule has 0 unspecified atom stereocenters. The van der Waals surface area contributed by atoms with E-state index in [-0.39, 0.29) is 12.0 Å². The second kappa shape index (κ2) is 8.84. The number of β-amino-alcohol motifs (C(OH)–C–C–N with tert-alkyl or cyclic N) is 1. The number of hydrogen-bond donors (Lipinski definition) is 2. The minimum Gasteiger partial charge on any atom is -0.388 e. The Hall–Kier alpha value is -2.43. The smallest absolute Gasteiger partial charge is 0.141 e. The highest BCUT2D eigenvalue weighted by Crippen LogP contribution is 2.35. The molecule has 0 aliphatic carbocycles. The van der Waals surface area contributed by atoms with Gasteiger partial charge in [0.25, 0.3) is 0 Å². The highest BCUT2D eigenvalue weighted by Gasteiger charge is 2.44. The number of nitrogens with zero attached hydrogens (tertiary/aromatic N) is 3. The van der Waals surface area contributed by atoms with E-state index in [4.69, 9.17) is 9.72 Å². The first-order chi connectivity index (χ1) is 15.5. The van der Waals surface area contributed by atoms with E-state index >= 15 is 0 Å². The van der Waals surface area contributed by atoms with Crippen LogP contribution in [0.4, 0.5) is 5.82 Å². The van der Waals surface area contributed by atoms with Gasteiger partial charge >= 0.3 is 0 Å². The van der Waals surface area contributed by atoms with E-state index in [1.807, 2.05) is 30.3 Å². The van der Waals surface area contributed by atoms with Crippen molar-refractivity contribution < 1.29 is 14.9 Å². The number of aliphatic hydroxyl groups excluding tert-OH is 1. The van der Waals surface area contributed by atoms with Crippen molar-refractivity contribution in [1.29, 1.82) is 0 Å². The van der Waals surface area contributed by atoms with Gasteiger partial charge in [0.1, 0.15) is 17.5 Å². The van der Waals surface area contributed by atoms with Crippen LogP contribution in [0.2, 0.25) is 0 Å². The number of rotatable bonds is 4. The number of aromatic nitrogens is 1. The third kappa shape index (κ3) is 4.26. The van der Waals surface area contributed by atoms with Gasteiger partial charge in [-0.25, -0.2) is 4.98 Å². The lowest BCUT2D eigenvalue weighted by Crippen LogP contribution is -2.58. The predicted molar refractivity (Wildman–Crippen MR) is 123 cm³/mol. The Morgan fingerprint density at radius 2 is 1.91 bits per heavy atom. The molecule has 1 aromatic carbocycles. The molecular weight excluding hydrogens is 402 g/mol. The summed E-state index contributed by atoms with van der Waals surface area (Å²) in [6.45, 7) is 3.87. The molecule has 2 bridgehead atoms. The van der Waals surface area contributed by atoms with Crippen LogP contribution in [-0.4, -0.2) is 77.7 Å². The average molecular weight is 434 g/mol. The van der Waals surface area contributed by atoms with Crippen LogP contribution in [0.1, 0.15) is 29.7 Å². The SMILES string of the molecule is CO[C@@H]1CN(c2ccc(C#C[C@@]3(O)CN4CCC3CC4)c(Cc3ccccc3)n2)C[C@H]1O. The first kappa shape index (κ1) is 21.4. The number of methoxy groups -OCH3 is 1. The molecule has 2 aromatic rings. The molecule has 5 heterocycles. The normalized spacial score (nSPS) is 31.4. The van der Waals surface area contributed by atoms with Gasteiger partial charge in [-0.3, -0.25) is 4.90 Å². The highest BCUT2D eigenvalue weighted by molar-refractivity contribution is 5.50. The molecule has 6 rings (SSSR count). The van der Waals surface area contributed by atoms with Crippen molar-refractivity contribution in [1.82, 2.24) is 9.88 Å². The van der Waals surface area contributed by atoms with Crippen molar-refractivity contribution >= 4 is 5.82 Å². The summed E-state index contributed by atoms with van der Waals surface area (Å²) in [5.41, 5.74) is 1.97. The Labute approximate surface area is 189 Å². The Morgan fingerprint density at radius 1 is 1.12 bits per heavy atom. The summed E-state index contributed by atoms with van der Waals surface area (Å²) >= 11 is 0. The van der Waals surface area contributed by atoms with Crippen LogP contribution >= 0.6 is 0 Å². The number of benzene rings is 1. The van der Waals surface area contributed by atoms with Gasteiger partial charge in [0.05, 0.1) is 11.8 Å². The molecule has 1 aromatic heterocycles. The Kier molecular flexibility index (Phi) is 5.92. The summed E-state index contributed by atoms with van der Waals surface area (Å²) in [5.74, 6) is 7.60. The molecule has 0 spiro atoms. The van der Waals surface area contributed by atoms with Gasteiger partial charge in [-0.2, -0.15) is 0 Å². The van der Waals surface area contributed by atoms with Crippen LogP contribution in [0.25, 0.3) is 0 Å². The molecule has 168 valence electrons. The number of fused-ring (bicyclic) bond motifs is 3. The molecule has 6 heteroatoms. The molecule has 0 amide bonds. The monoisotopic (exact) mass is 433 g/mol. The quantitative estimate of drug-likeness (QED) is 0.715.